The van der Waals surface area contributed by atoms with Gasteiger partial charge in [-0.3, -0.25) is 14.9 Å². The van der Waals surface area contributed by atoms with Crippen LogP contribution in [-0.2, 0) is 4.79 Å². The molecular weight excluding hydrogens is 316 g/mol. The molecule has 0 unspecified atom stereocenters. The van der Waals surface area contributed by atoms with Crippen molar-refractivity contribution >= 4 is 34.1 Å². The maximum Gasteiger partial charge on any atom is 0.324 e. The maximum atomic E-state index is 12.0. The molecule has 0 bridgehead atoms. The lowest BCUT2D eigenvalue weighted by molar-refractivity contribution is -0.380. The van der Waals surface area contributed by atoms with Crippen molar-refractivity contribution in [2.75, 3.05) is 5.32 Å². The van der Waals surface area contributed by atoms with Crippen LogP contribution in [0.25, 0.3) is 0 Å². The molecule has 1 heterocycles. The van der Waals surface area contributed by atoms with Crippen LogP contribution < -0.4 is 10.7 Å². The summed E-state index contributed by atoms with van der Waals surface area (Å²) < 4.78 is 0. The van der Waals surface area contributed by atoms with Gasteiger partial charge in [0.2, 0.25) is 0 Å². The van der Waals surface area contributed by atoms with Crippen LogP contribution in [-0.4, -0.2) is 23.1 Å². The van der Waals surface area contributed by atoms with Gasteiger partial charge >= 0.3 is 5.00 Å². The van der Waals surface area contributed by atoms with E-state index in [1.54, 1.807) is 13.0 Å². The zero-order valence-electron chi connectivity index (χ0n) is 12.6. The molecule has 0 saturated carbocycles. The normalized spacial score (nSPS) is 12.1. The third-order valence-corrected chi connectivity index (χ3v) is 4.04. The van der Waals surface area contributed by atoms with E-state index < -0.39 is 11.0 Å². The molecule has 120 valence electrons. The van der Waals surface area contributed by atoms with Crippen molar-refractivity contribution in [3.8, 4) is 0 Å². The van der Waals surface area contributed by atoms with Gasteiger partial charge in [0.05, 0.1) is 16.0 Å². The number of nitro groups is 1. The van der Waals surface area contributed by atoms with Crippen LogP contribution in [0, 0.1) is 17.0 Å². The molecule has 1 aromatic heterocycles. The van der Waals surface area contributed by atoms with E-state index in [-0.39, 0.29) is 10.9 Å². The first-order chi connectivity index (χ1) is 11.0. The van der Waals surface area contributed by atoms with Crippen molar-refractivity contribution < 1.29 is 9.72 Å². The van der Waals surface area contributed by atoms with Crippen LogP contribution in [0.4, 0.5) is 10.7 Å². The second kappa shape index (κ2) is 7.50. The minimum absolute atomic E-state index is 0.0346. The molecular formula is C15H16N4O3S. The average Bonchev–Trinajstić information content (AvgIpc) is 2.98. The Kier molecular flexibility index (Phi) is 5.42. The number of benzene rings is 1. The zero-order chi connectivity index (χ0) is 16.8. The van der Waals surface area contributed by atoms with Gasteiger partial charge in [0.15, 0.2) is 0 Å². The molecule has 2 aromatic rings. The number of thiophene rings is 1. The SMILES string of the molecule is Cc1ccccc1N[C@H](C)C(=O)N/N=C\c1ccc([N+](=O)[O-])s1. The summed E-state index contributed by atoms with van der Waals surface area (Å²) in [6.45, 7) is 3.68. The zero-order valence-corrected chi connectivity index (χ0v) is 13.5. The van der Waals surface area contributed by atoms with Crippen LogP contribution >= 0.6 is 11.3 Å². The van der Waals surface area contributed by atoms with E-state index in [9.17, 15) is 14.9 Å². The highest BCUT2D eigenvalue weighted by Crippen LogP contribution is 2.22. The fraction of sp³-hybridized carbons (Fsp3) is 0.200. The van der Waals surface area contributed by atoms with Gasteiger partial charge in [-0.1, -0.05) is 29.5 Å². The number of carbonyl (C=O) groups excluding carboxylic acids is 1. The number of nitrogens with one attached hydrogen (secondary N) is 2. The Morgan fingerprint density at radius 1 is 1.35 bits per heavy atom. The highest BCUT2D eigenvalue weighted by atomic mass is 32.1. The Morgan fingerprint density at radius 3 is 2.74 bits per heavy atom. The molecule has 0 aliphatic carbocycles. The van der Waals surface area contributed by atoms with Crippen molar-refractivity contribution in [3.63, 3.8) is 0 Å². The molecule has 0 aliphatic heterocycles. The number of carbonyl (C=O) groups is 1. The number of amides is 1. The van der Waals surface area contributed by atoms with E-state index >= 15 is 0 Å². The van der Waals surface area contributed by atoms with Gasteiger partial charge in [-0.15, -0.1) is 0 Å². The van der Waals surface area contributed by atoms with Gasteiger partial charge < -0.3 is 5.32 Å². The van der Waals surface area contributed by atoms with Crippen molar-refractivity contribution in [1.82, 2.24) is 5.43 Å². The molecule has 0 radical (unpaired) electrons. The molecule has 0 fully saturated rings. The average molecular weight is 332 g/mol. The molecule has 1 atom stereocenters. The van der Waals surface area contributed by atoms with Crippen LogP contribution in [0.3, 0.4) is 0 Å². The molecule has 7 nitrogen and oxygen atoms in total. The Labute approximate surface area is 137 Å². The largest absolute Gasteiger partial charge is 0.374 e. The van der Waals surface area contributed by atoms with Crippen LogP contribution in [0.15, 0.2) is 41.5 Å². The van der Waals surface area contributed by atoms with E-state index in [4.69, 9.17) is 0 Å². The third-order valence-electron chi connectivity index (χ3n) is 3.07. The molecule has 0 aliphatic rings. The number of rotatable bonds is 6. The highest BCUT2D eigenvalue weighted by molar-refractivity contribution is 7.16. The van der Waals surface area contributed by atoms with Crippen LogP contribution in [0.5, 0.6) is 0 Å². The third kappa shape index (κ3) is 4.62. The summed E-state index contributed by atoms with van der Waals surface area (Å²) in [6.07, 6.45) is 1.38. The first kappa shape index (κ1) is 16.6. The van der Waals surface area contributed by atoms with Crippen LogP contribution in [0.2, 0.25) is 0 Å². The van der Waals surface area contributed by atoms with Gasteiger partial charge in [0.1, 0.15) is 6.04 Å². The summed E-state index contributed by atoms with van der Waals surface area (Å²) in [5.74, 6) is -0.296. The first-order valence-corrected chi connectivity index (χ1v) is 7.68. The Hall–Kier alpha value is -2.74. The van der Waals surface area contributed by atoms with Gasteiger partial charge in [-0.2, -0.15) is 5.10 Å². The number of hydrogen-bond acceptors (Lipinski definition) is 6. The Morgan fingerprint density at radius 2 is 2.09 bits per heavy atom. The summed E-state index contributed by atoms with van der Waals surface area (Å²) >= 11 is 0.990. The predicted octanol–water partition coefficient (Wildman–Crippen LogP) is 2.92. The molecule has 8 heteroatoms. The maximum absolute atomic E-state index is 12.0. The minimum Gasteiger partial charge on any atom is -0.374 e. The molecule has 1 aromatic carbocycles. The summed E-state index contributed by atoms with van der Waals surface area (Å²) in [6, 6.07) is 10.2. The molecule has 1 amide bonds. The molecule has 23 heavy (non-hydrogen) atoms. The summed E-state index contributed by atoms with van der Waals surface area (Å²) in [5.41, 5.74) is 4.34. The van der Waals surface area contributed by atoms with Crippen LogP contribution in [0.1, 0.15) is 17.4 Å². The molecule has 0 spiro atoms. The highest BCUT2D eigenvalue weighted by Gasteiger charge is 2.13. The van der Waals surface area contributed by atoms with Gasteiger partial charge in [0, 0.05) is 11.8 Å². The second-order valence-electron chi connectivity index (χ2n) is 4.85. The lowest BCUT2D eigenvalue weighted by Crippen LogP contribution is -2.35. The van der Waals surface area contributed by atoms with E-state index in [0.29, 0.717) is 4.88 Å². The Balaban J connectivity index is 1.89. The standard InChI is InChI=1S/C15H16N4O3S/c1-10-5-3-4-6-13(10)17-11(2)15(20)18-16-9-12-7-8-14(23-12)19(21)22/h3-9,11,17H,1-2H3,(H,18,20)/b16-9-/t11-/m1/s1. The summed E-state index contributed by atoms with van der Waals surface area (Å²) in [7, 11) is 0. The number of hydrazone groups is 1. The molecule has 2 rings (SSSR count). The van der Waals surface area contributed by atoms with E-state index in [1.807, 2.05) is 31.2 Å². The monoisotopic (exact) mass is 332 g/mol. The summed E-state index contributed by atoms with van der Waals surface area (Å²) in [5, 5.41) is 17.5. The number of aryl methyl sites for hydroxylation is 1. The van der Waals surface area contributed by atoms with Crippen molar-refractivity contribution in [3.05, 3.63) is 57.0 Å². The molecule has 0 saturated heterocycles. The minimum atomic E-state index is -0.467. The van der Waals surface area contributed by atoms with Crippen molar-refractivity contribution in [2.24, 2.45) is 5.10 Å². The summed E-state index contributed by atoms with van der Waals surface area (Å²) in [4.78, 5) is 22.7. The quantitative estimate of drug-likeness (QED) is 0.483. The second-order valence-corrected chi connectivity index (χ2v) is 5.94. The fourth-order valence-electron chi connectivity index (χ4n) is 1.80. The number of nitrogens with zero attached hydrogens (tertiary/aromatic N) is 2. The number of para-hydroxylation sites is 1. The van der Waals surface area contributed by atoms with Crippen molar-refractivity contribution in [1.29, 1.82) is 0 Å². The topological polar surface area (TPSA) is 96.6 Å². The van der Waals surface area contributed by atoms with E-state index in [1.165, 1.54) is 12.3 Å². The van der Waals surface area contributed by atoms with Gasteiger partial charge in [0.25, 0.3) is 5.91 Å². The van der Waals surface area contributed by atoms with Gasteiger partial charge in [-0.25, -0.2) is 5.43 Å². The fourth-order valence-corrected chi connectivity index (χ4v) is 2.49. The number of anilines is 1. The molecule has 2 N–H and O–H groups in total. The lowest BCUT2D eigenvalue weighted by Gasteiger charge is -2.15. The van der Waals surface area contributed by atoms with Crippen molar-refractivity contribution in [2.45, 2.75) is 19.9 Å². The lowest BCUT2D eigenvalue weighted by atomic mass is 10.2. The Bertz CT molecular complexity index is 742. The first-order valence-electron chi connectivity index (χ1n) is 6.86. The number of hydrogen-bond donors (Lipinski definition) is 2. The smallest absolute Gasteiger partial charge is 0.324 e. The van der Waals surface area contributed by atoms with E-state index in [0.717, 1.165) is 22.6 Å². The van der Waals surface area contributed by atoms with E-state index in [2.05, 4.69) is 15.8 Å². The van der Waals surface area contributed by atoms with Gasteiger partial charge in [-0.05, 0) is 31.5 Å². The predicted molar refractivity (Wildman–Crippen MR) is 91.0 cm³/mol.